The van der Waals surface area contributed by atoms with Crippen LogP contribution < -0.4 is 5.32 Å². The molecule has 0 atom stereocenters. The Balaban J connectivity index is 2.34. The van der Waals surface area contributed by atoms with Crippen LogP contribution in [0.25, 0.3) is 0 Å². The van der Waals surface area contributed by atoms with Gasteiger partial charge in [0.25, 0.3) is 0 Å². The number of halogens is 2. The van der Waals surface area contributed by atoms with Crippen molar-refractivity contribution >= 4 is 49.2 Å². The Kier molecular flexibility index (Phi) is 4.61. The number of carbonyl (C=O) groups excluding carboxylic acids is 1. The van der Waals surface area contributed by atoms with Crippen LogP contribution in [0.3, 0.4) is 0 Å². The van der Waals surface area contributed by atoms with Gasteiger partial charge < -0.3 is 10.1 Å². The number of benzene rings is 2. The van der Waals surface area contributed by atoms with Crippen molar-refractivity contribution in [1.29, 1.82) is 0 Å². The highest BCUT2D eigenvalue weighted by molar-refractivity contribution is 9.10. The van der Waals surface area contributed by atoms with Crippen LogP contribution in [0.2, 0.25) is 0 Å². The van der Waals surface area contributed by atoms with Crippen LogP contribution in [0, 0.1) is 0 Å². The highest BCUT2D eigenvalue weighted by atomic mass is 79.9. The average Bonchev–Trinajstić information content (AvgIpc) is 2.42. The second-order valence-corrected chi connectivity index (χ2v) is 5.64. The Morgan fingerprint density at radius 3 is 2.32 bits per heavy atom. The quantitative estimate of drug-likeness (QED) is 0.776. The first-order valence-electron chi connectivity index (χ1n) is 5.50. The Morgan fingerprint density at radius 1 is 1.05 bits per heavy atom. The zero-order valence-electron chi connectivity index (χ0n) is 10.1. The molecule has 2 rings (SSSR count). The van der Waals surface area contributed by atoms with Crippen LogP contribution >= 0.6 is 31.9 Å². The summed E-state index contributed by atoms with van der Waals surface area (Å²) < 4.78 is 6.61. The van der Waals surface area contributed by atoms with Gasteiger partial charge >= 0.3 is 5.97 Å². The molecule has 0 unspecified atom stereocenters. The van der Waals surface area contributed by atoms with Crippen LogP contribution in [0.4, 0.5) is 11.4 Å². The fourth-order valence-corrected chi connectivity index (χ4v) is 2.22. The van der Waals surface area contributed by atoms with Gasteiger partial charge in [0.2, 0.25) is 0 Å². The molecule has 0 spiro atoms. The van der Waals surface area contributed by atoms with Crippen molar-refractivity contribution in [1.82, 2.24) is 0 Å². The molecule has 3 nitrogen and oxygen atoms in total. The summed E-state index contributed by atoms with van der Waals surface area (Å²) in [6.45, 7) is 0. The molecule has 0 saturated heterocycles. The summed E-state index contributed by atoms with van der Waals surface area (Å²) in [5.41, 5.74) is 2.09. The molecule has 19 heavy (non-hydrogen) atoms. The second kappa shape index (κ2) is 6.21. The van der Waals surface area contributed by atoms with Crippen molar-refractivity contribution in [3.63, 3.8) is 0 Å². The maximum Gasteiger partial charge on any atom is 0.340 e. The van der Waals surface area contributed by atoms with E-state index in [1.165, 1.54) is 7.11 Å². The third-order valence-corrected chi connectivity index (χ3v) is 3.53. The molecule has 0 radical (unpaired) electrons. The summed E-state index contributed by atoms with van der Waals surface area (Å²) in [5, 5.41) is 3.20. The third-order valence-electron chi connectivity index (χ3n) is 2.51. The van der Waals surface area contributed by atoms with E-state index in [1.54, 1.807) is 6.07 Å². The fourth-order valence-electron chi connectivity index (χ4n) is 1.59. The number of anilines is 2. The molecule has 98 valence electrons. The molecule has 0 bridgehead atoms. The van der Waals surface area contributed by atoms with Gasteiger partial charge in [0.15, 0.2) is 0 Å². The van der Waals surface area contributed by atoms with E-state index in [0.717, 1.165) is 14.6 Å². The maximum absolute atomic E-state index is 11.7. The fraction of sp³-hybridized carbons (Fsp3) is 0.0714. The van der Waals surface area contributed by atoms with E-state index in [0.29, 0.717) is 11.3 Å². The minimum absolute atomic E-state index is 0.374. The number of rotatable bonds is 3. The standard InChI is InChI=1S/C14H11Br2NO2/c1-19-14(18)12-8-10(16)4-7-13(12)17-11-5-2-9(15)3-6-11/h2-8,17H,1H3. The van der Waals surface area contributed by atoms with Crippen LogP contribution in [-0.4, -0.2) is 13.1 Å². The van der Waals surface area contributed by atoms with Crippen LogP contribution in [-0.2, 0) is 4.74 Å². The van der Waals surface area contributed by atoms with Crippen molar-refractivity contribution < 1.29 is 9.53 Å². The number of esters is 1. The smallest absolute Gasteiger partial charge is 0.340 e. The number of methoxy groups -OCH3 is 1. The summed E-state index contributed by atoms with van der Waals surface area (Å²) in [7, 11) is 1.37. The lowest BCUT2D eigenvalue weighted by Gasteiger charge is -2.11. The van der Waals surface area contributed by atoms with E-state index in [4.69, 9.17) is 4.74 Å². The van der Waals surface area contributed by atoms with E-state index in [-0.39, 0.29) is 5.97 Å². The number of nitrogens with one attached hydrogen (secondary N) is 1. The molecule has 0 aliphatic carbocycles. The van der Waals surface area contributed by atoms with Crippen molar-refractivity contribution in [3.8, 4) is 0 Å². The van der Waals surface area contributed by atoms with Gasteiger partial charge in [-0.3, -0.25) is 0 Å². The van der Waals surface area contributed by atoms with Crippen LogP contribution in [0.5, 0.6) is 0 Å². The first-order chi connectivity index (χ1) is 9.10. The van der Waals surface area contributed by atoms with Crippen molar-refractivity contribution in [2.24, 2.45) is 0 Å². The molecule has 1 N–H and O–H groups in total. The average molecular weight is 385 g/mol. The first kappa shape index (κ1) is 14.1. The van der Waals surface area contributed by atoms with E-state index in [1.807, 2.05) is 36.4 Å². The molecule has 0 amide bonds. The highest BCUT2D eigenvalue weighted by Crippen LogP contribution is 2.26. The molecule has 0 heterocycles. The van der Waals surface area contributed by atoms with E-state index < -0.39 is 0 Å². The number of carbonyl (C=O) groups is 1. The molecule has 0 aliphatic heterocycles. The summed E-state index contributed by atoms with van der Waals surface area (Å²) in [4.78, 5) is 11.7. The Bertz CT molecular complexity index is 597. The van der Waals surface area contributed by atoms with E-state index in [2.05, 4.69) is 37.2 Å². The van der Waals surface area contributed by atoms with E-state index in [9.17, 15) is 4.79 Å². The zero-order chi connectivity index (χ0) is 13.8. The van der Waals surface area contributed by atoms with Gasteiger partial charge in [-0.15, -0.1) is 0 Å². The largest absolute Gasteiger partial charge is 0.465 e. The molecule has 2 aromatic rings. The maximum atomic E-state index is 11.7. The minimum atomic E-state index is -0.374. The molecule has 0 fully saturated rings. The van der Waals surface area contributed by atoms with Gasteiger partial charge in [-0.1, -0.05) is 31.9 Å². The predicted octanol–water partition coefficient (Wildman–Crippen LogP) is 4.74. The summed E-state index contributed by atoms with van der Waals surface area (Å²) >= 11 is 6.73. The number of ether oxygens (including phenoxy) is 1. The Labute approximate surface area is 128 Å². The summed E-state index contributed by atoms with van der Waals surface area (Å²) in [5.74, 6) is -0.374. The molecule has 5 heteroatoms. The molecule has 0 saturated carbocycles. The topological polar surface area (TPSA) is 38.3 Å². The first-order valence-corrected chi connectivity index (χ1v) is 7.09. The van der Waals surface area contributed by atoms with Crippen LogP contribution in [0.15, 0.2) is 51.4 Å². The van der Waals surface area contributed by atoms with Gasteiger partial charge in [-0.2, -0.15) is 0 Å². The predicted molar refractivity (Wildman–Crippen MR) is 82.9 cm³/mol. The monoisotopic (exact) mass is 383 g/mol. The summed E-state index contributed by atoms with van der Waals surface area (Å²) in [6, 6.07) is 13.1. The van der Waals surface area contributed by atoms with Crippen molar-refractivity contribution in [2.45, 2.75) is 0 Å². The highest BCUT2D eigenvalue weighted by Gasteiger charge is 2.12. The molecular weight excluding hydrogens is 374 g/mol. The summed E-state index contributed by atoms with van der Waals surface area (Å²) in [6.07, 6.45) is 0. The van der Waals surface area contributed by atoms with Crippen LogP contribution in [0.1, 0.15) is 10.4 Å². The SMILES string of the molecule is COC(=O)c1cc(Br)ccc1Nc1ccc(Br)cc1. The van der Waals surface area contributed by atoms with Gasteiger partial charge in [-0.25, -0.2) is 4.79 Å². The van der Waals surface area contributed by atoms with Gasteiger partial charge in [0.05, 0.1) is 18.4 Å². The molecule has 2 aromatic carbocycles. The Morgan fingerprint density at radius 2 is 1.68 bits per heavy atom. The Hall–Kier alpha value is -1.33. The minimum Gasteiger partial charge on any atom is -0.465 e. The lowest BCUT2D eigenvalue weighted by Crippen LogP contribution is -2.05. The number of hydrogen-bond donors (Lipinski definition) is 1. The second-order valence-electron chi connectivity index (χ2n) is 3.81. The normalized spacial score (nSPS) is 10.1. The number of hydrogen-bond acceptors (Lipinski definition) is 3. The van der Waals surface area contributed by atoms with Gasteiger partial charge in [0, 0.05) is 14.6 Å². The lowest BCUT2D eigenvalue weighted by atomic mass is 10.1. The lowest BCUT2D eigenvalue weighted by molar-refractivity contribution is 0.0602. The molecule has 0 aromatic heterocycles. The molecule has 0 aliphatic rings. The van der Waals surface area contributed by atoms with Crippen molar-refractivity contribution in [2.75, 3.05) is 12.4 Å². The van der Waals surface area contributed by atoms with Gasteiger partial charge in [-0.05, 0) is 42.5 Å². The van der Waals surface area contributed by atoms with E-state index >= 15 is 0 Å². The third kappa shape index (κ3) is 3.58. The zero-order valence-corrected chi connectivity index (χ0v) is 13.3. The molecular formula is C14H11Br2NO2. The van der Waals surface area contributed by atoms with Crippen molar-refractivity contribution in [3.05, 3.63) is 57.0 Å². The van der Waals surface area contributed by atoms with Gasteiger partial charge in [0.1, 0.15) is 0 Å².